The standard InChI is InChI=1S/C16H27N3O7/c1-9(2)17-11(20)7-24-12(21)8-25-19-10(3)13(14(19)22)18-15(23)26-16(4,5)6/h9-10,13H,7-8H2,1-6H3,(H,17,20)(H,18,23)/t10-,13-/m0/s1. The van der Waals surface area contributed by atoms with Crippen molar-refractivity contribution in [1.82, 2.24) is 15.7 Å². The molecule has 148 valence electrons. The van der Waals surface area contributed by atoms with E-state index in [4.69, 9.17) is 14.3 Å². The number of rotatable bonds is 7. The summed E-state index contributed by atoms with van der Waals surface area (Å²) in [5.41, 5.74) is -0.679. The topological polar surface area (TPSA) is 123 Å². The summed E-state index contributed by atoms with van der Waals surface area (Å²) in [6.45, 7) is 9.38. The second-order valence-corrected chi connectivity index (χ2v) is 7.18. The number of carbonyl (C=O) groups is 4. The lowest BCUT2D eigenvalue weighted by Gasteiger charge is -2.43. The predicted octanol–water partition coefficient (Wildman–Crippen LogP) is 0.110. The van der Waals surface area contributed by atoms with E-state index in [2.05, 4.69) is 10.6 Å². The minimum Gasteiger partial charge on any atom is -0.454 e. The van der Waals surface area contributed by atoms with E-state index in [1.54, 1.807) is 41.5 Å². The van der Waals surface area contributed by atoms with Crippen molar-refractivity contribution < 1.29 is 33.5 Å². The molecule has 1 saturated heterocycles. The van der Waals surface area contributed by atoms with Gasteiger partial charge in [-0.15, -0.1) is 0 Å². The van der Waals surface area contributed by atoms with Crippen molar-refractivity contribution in [2.75, 3.05) is 13.2 Å². The smallest absolute Gasteiger partial charge is 0.408 e. The van der Waals surface area contributed by atoms with Gasteiger partial charge in [0.05, 0.1) is 6.04 Å². The molecule has 3 amide bonds. The van der Waals surface area contributed by atoms with Crippen LogP contribution in [0.15, 0.2) is 0 Å². The Hall–Kier alpha value is -2.36. The Balaban J connectivity index is 2.33. The number of alkyl carbamates (subject to hydrolysis) is 1. The molecule has 0 bridgehead atoms. The largest absolute Gasteiger partial charge is 0.454 e. The molecule has 0 spiro atoms. The van der Waals surface area contributed by atoms with Crippen LogP contribution in [0.2, 0.25) is 0 Å². The van der Waals surface area contributed by atoms with E-state index < -0.39 is 54.8 Å². The molecule has 2 atom stereocenters. The molecule has 10 heteroatoms. The lowest BCUT2D eigenvalue weighted by Crippen LogP contribution is -2.69. The number of amides is 3. The van der Waals surface area contributed by atoms with E-state index in [-0.39, 0.29) is 6.04 Å². The zero-order valence-electron chi connectivity index (χ0n) is 16.0. The molecule has 10 nitrogen and oxygen atoms in total. The van der Waals surface area contributed by atoms with Crippen LogP contribution in [0, 0.1) is 0 Å². The van der Waals surface area contributed by atoms with Gasteiger partial charge in [-0.3, -0.25) is 14.4 Å². The summed E-state index contributed by atoms with van der Waals surface area (Å²) in [6.07, 6.45) is -0.710. The molecule has 1 heterocycles. The molecule has 0 saturated carbocycles. The third-order valence-electron chi connectivity index (χ3n) is 3.14. The van der Waals surface area contributed by atoms with Crippen molar-refractivity contribution in [3.8, 4) is 0 Å². The molecule has 1 aliphatic heterocycles. The zero-order valence-corrected chi connectivity index (χ0v) is 16.0. The van der Waals surface area contributed by atoms with Crippen LogP contribution in [0.25, 0.3) is 0 Å². The van der Waals surface area contributed by atoms with Crippen molar-refractivity contribution >= 4 is 23.9 Å². The van der Waals surface area contributed by atoms with Crippen LogP contribution in [-0.4, -0.2) is 65.9 Å². The van der Waals surface area contributed by atoms with Gasteiger partial charge in [-0.05, 0) is 41.5 Å². The van der Waals surface area contributed by atoms with Gasteiger partial charge in [-0.1, -0.05) is 0 Å². The molecule has 0 aromatic carbocycles. The van der Waals surface area contributed by atoms with Crippen molar-refractivity contribution in [3.05, 3.63) is 0 Å². The van der Waals surface area contributed by atoms with Crippen LogP contribution in [0.1, 0.15) is 41.5 Å². The van der Waals surface area contributed by atoms with Gasteiger partial charge >= 0.3 is 12.1 Å². The van der Waals surface area contributed by atoms with Crippen molar-refractivity contribution in [2.45, 2.75) is 65.3 Å². The summed E-state index contributed by atoms with van der Waals surface area (Å²) in [7, 11) is 0. The number of β-lactam (4-membered cyclic amide) rings is 1. The highest BCUT2D eigenvalue weighted by Crippen LogP contribution is 2.20. The van der Waals surface area contributed by atoms with Crippen LogP contribution < -0.4 is 10.6 Å². The van der Waals surface area contributed by atoms with Crippen molar-refractivity contribution in [2.24, 2.45) is 0 Å². The molecule has 0 unspecified atom stereocenters. The fourth-order valence-electron chi connectivity index (χ4n) is 2.07. The number of nitrogens with one attached hydrogen (secondary N) is 2. The molecular weight excluding hydrogens is 346 g/mol. The second kappa shape index (κ2) is 8.84. The lowest BCUT2D eigenvalue weighted by atomic mass is 10.0. The Morgan fingerprint density at radius 3 is 2.31 bits per heavy atom. The SMILES string of the molecule is CC(C)NC(=O)COC(=O)CON1C(=O)[C@@H](NC(=O)OC(C)(C)C)[C@@H]1C. The fraction of sp³-hybridized carbons (Fsp3) is 0.750. The summed E-state index contributed by atoms with van der Waals surface area (Å²) in [5.74, 6) is -1.72. The van der Waals surface area contributed by atoms with Gasteiger partial charge in [0.2, 0.25) is 0 Å². The van der Waals surface area contributed by atoms with Crippen molar-refractivity contribution in [1.29, 1.82) is 0 Å². The number of esters is 1. The van der Waals surface area contributed by atoms with Crippen LogP contribution in [0.4, 0.5) is 4.79 Å². The van der Waals surface area contributed by atoms with Crippen LogP contribution >= 0.6 is 0 Å². The number of carbonyl (C=O) groups excluding carboxylic acids is 4. The summed E-state index contributed by atoms with van der Waals surface area (Å²) in [4.78, 5) is 51.7. The Morgan fingerprint density at radius 2 is 1.81 bits per heavy atom. The monoisotopic (exact) mass is 373 g/mol. The fourth-order valence-corrected chi connectivity index (χ4v) is 2.07. The number of hydrogen-bond acceptors (Lipinski definition) is 7. The minimum atomic E-state index is -0.794. The van der Waals surface area contributed by atoms with Gasteiger partial charge in [0.15, 0.2) is 13.2 Å². The molecule has 0 aromatic heterocycles. The maximum atomic E-state index is 12.0. The van der Waals surface area contributed by atoms with Gasteiger partial charge in [-0.25, -0.2) is 14.7 Å². The first kappa shape index (κ1) is 21.7. The van der Waals surface area contributed by atoms with E-state index in [0.29, 0.717) is 0 Å². The van der Waals surface area contributed by atoms with Crippen LogP contribution in [-0.2, 0) is 28.7 Å². The van der Waals surface area contributed by atoms with Crippen LogP contribution in [0.5, 0.6) is 0 Å². The first-order valence-electron chi connectivity index (χ1n) is 8.31. The Kier molecular flexibility index (Phi) is 7.37. The molecule has 1 fully saturated rings. The van der Waals surface area contributed by atoms with Gasteiger partial charge in [0.25, 0.3) is 11.8 Å². The highest BCUT2D eigenvalue weighted by Gasteiger charge is 2.47. The Labute approximate surface area is 152 Å². The van der Waals surface area contributed by atoms with E-state index in [9.17, 15) is 19.2 Å². The third-order valence-corrected chi connectivity index (χ3v) is 3.14. The normalized spacial score (nSPS) is 19.7. The molecule has 1 rings (SSSR count). The Bertz CT molecular complexity index is 557. The minimum absolute atomic E-state index is 0.0635. The van der Waals surface area contributed by atoms with E-state index in [1.807, 2.05) is 0 Å². The summed E-state index contributed by atoms with van der Waals surface area (Å²) in [6, 6.07) is -1.34. The molecular formula is C16H27N3O7. The lowest BCUT2D eigenvalue weighted by molar-refractivity contribution is -0.234. The summed E-state index contributed by atoms with van der Waals surface area (Å²) < 4.78 is 9.82. The zero-order chi connectivity index (χ0) is 20.1. The maximum Gasteiger partial charge on any atom is 0.408 e. The number of nitrogens with zero attached hydrogens (tertiary/aromatic N) is 1. The molecule has 0 aromatic rings. The first-order chi connectivity index (χ1) is 11.9. The number of hydrogen-bond donors (Lipinski definition) is 2. The first-order valence-corrected chi connectivity index (χ1v) is 8.31. The molecule has 2 N–H and O–H groups in total. The molecule has 0 radical (unpaired) electrons. The second-order valence-electron chi connectivity index (χ2n) is 7.18. The van der Waals surface area contributed by atoms with E-state index >= 15 is 0 Å². The van der Waals surface area contributed by atoms with Gasteiger partial charge in [0, 0.05) is 6.04 Å². The number of hydroxylamine groups is 2. The highest BCUT2D eigenvalue weighted by molar-refractivity contribution is 5.91. The Morgan fingerprint density at radius 1 is 1.19 bits per heavy atom. The summed E-state index contributed by atoms with van der Waals surface area (Å²) in [5, 5.41) is 5.98. The maximum absolute atomic E-state index is 12.0. The van der Waals surface area contributed by atoms with E-state index in [1.165, 1.54) is 0 Å². The van der Waals surface area contributed by atoms with Crippen LogP contribution in [0.3, 0.4) is 0 Å². The molecule has 26 heavy (non-hydrogen) atoms. The quantitative estimate of drug-likeness (QED) is 0.479. The van der Waals surface area contributed by atoms with Gasteiger partial charge in [0.1, 0.15) is 11.6 Å². The average Bonchev–Trinajstić information content (AvgIpc) is 2.48. The van der Waals surface area contributed by atoms with E-state index in [0.717, 1.165) is 5.06 Å². The average molecular weight is 373 g/mol. The molecule has 0 aliphatic carbocycles. The number of ether oxygens (including phenoxy) is 2. The van der Waals surface area contributed by atoms with Gasteiger partial charge < -0.3 is 20.1 Å². The van der Waals surface area contributed by atoms with Gasteiger partial charge in [-0.2, -0.15) is 0 Å². The highest BCUT2D eigenvalue weighted by atomic mass is 16.7. The summed E-state index contributed by atoms with van der Waals surface area (Å²) >= 11 is 0. The molecule has 1 aliphatic rings. The van der Waals surface area contributed by atoms with Crippen molar-refractivity contribution in [3.63, 3.8) is 0 Å². The predicted molar refractivity (Wildman–Crippen MR) is 89.7 cm³/mol. The third kappa shape index (κ3) is 6.87.